The van der Waals surface area contributed by atoms with E-state index in [1.807, 2.05) is 6.92 Å². The number of benzene rings is 1. The quantitative estimate of drug-likeness (QED) is 0.835. The molecular formula is C12H9ClN2O3S. The van der Waals surface area contributed by atoms with Crippen molar-refractivity contribution in [3.8, 4) is 5.69 Å². The predicted octanol–water partition coefficient (Wildman–Crippen LogP) is 2.56. The van der Waals surface area contributed by atoms with Gasteiger partial charge in [-0.3, -0.25) is 9.36 Å². The van der Waals surface area contributed by atoms with Crippen molar-refractivity contribution >= 4 is 29.8 Å². The van der Waals surface area contributed by atoms with Crippen molar-refractivity contribution in [3.05, 3.63) is 55.7 Å². The van der Waals surface area contributed by atoms with Crippen molar-refractivity contribution < 1.29 is 9.90 Å². The number of halogens is 1. The van der Waals surface area contributed by atoms with Crippen molar-refractivity contribution in [2.45, 2.75) is 6.92 Å². The van der Waals surface area contributed by atoms with Crippen LogP contribution in [0.15, 0.2) is 29.2 Å². The summed E-state index contributed by atoms with van der Waals surface area (Å²) in [6, 6.07) is 4.94. The van der Waals surface area contributed by atoms with E-state index < -0.39 is 11.5 Å². The normalized spacial score (nSPS) is 10.4. The molecule has 0 aliphatic carbocycles. The Labute approximate surface area is 118 Å². The topological polar surface area (TPSA) is 75.1 Å². The second-order valence-electron chi connectivity index (χ2n) is 3.89. The highest BCUT2D eigenvalue weighted by Gasteiger charge is 2.13. The van der Waals surface area contributed by atoms with Crippen molar-refractivity contribution in [2.75, 3.05) is 0 Å². The summed E-state index contributed by atoms with van der Waals surface area (Å²) in [5, 5.41) is 9.40. The van der Waals surface area contributed by atoms with Crippen LogP contribution in [0.4, 0.5) is 0 Å². The van der Waals surface area contributed by atoms with Crippen LogP contribution in [0.25, 0.3) is 5.69 Å². The molecule has 5 nitrogen and oxygen atoms in total. The molecule has 0 bridgehead atoms. The number of carboxylic acid groups (broad SMARTS) is 1. The molecule has 0 atom stereocenters. The lowest BCUT2D eigenvalue weighted by atomic mass is 10.2. The molecule has 0 amide bonds. The van der Waals surface area contributed by atoms with Gasteiger partial charge in [-0.1, -0.05) is 17.7 Å². The summed E-state index contributed by atoms with van der Waals surface area (Å²) in [6.45, 7) is 1.82. The highest BCUT2D eigenvalue weighted by Crippen LogP contribution is 2.18. The minimum absolute atomic E-state index is 0.106. The van der Waals surface area contributed by atoms with Gasteiger partial charge in [0.2, 0.25) is 0 Å². The third-order valence-electron chi connectivity index (χ3n) is 2.62. The van der Waals surface area contributed by atoms with Gasteiger partial charge in [-0.25, -0.2) is 4.79 Å². The number of aromatic nitrogens is 2. The van der Waals surface area contributed by atoms with Crippen molar-refractivity contribution in [1.29, 1.82) is 0 Å². The molecule has 0 saturated heterocycles. The summed E-state index contributed by atoms with van der Waals surface area (Å²) in [4.78, 5) is 25.6. The Morgan fingerprint density at radius 2 is 2.16 bits per heavy atom. The molecule has 98 valence electrons. The fourth-order valence-electron chi connectivity index (χ4n) is 1.58. The molecule has 0 aliphatic heterocycles. The fraction of sp³-hybridized carbons (Fsp3) is 0.0833. The average molecular weight is 297 g/mol. The van der Waals surface area contributed by atoms with Crippen LogP contribution in [0.3, 0.4) is 0 Å². The van der Waals surface area contributed by atoms with Gasteiger partial charge in [0, 0.05) is 11.2 Å². The largest absolute Gasteiger partial charge is 0.477 e. The lowest BCUT2D eigenvalue weighted by molar-refractivity contribution is 0.0694. The van der Waals surface area contributed by atoms with E-state index in [0.717, 1.165) is 16.3 Å². The molecule has 0 aliphatic rings. The number of H-pyrrole nitrogens is 1. The van der Waals surface area contributed by atoms with E-state index in [9.17, 15) is 9.59 Å². The Balaban J connectivity index is 2.78. The molecule has 0 unspecified atom stereocenters. The molecule has 7 heteroatoms. The molecule has 0 saturated carbocycles. The highest BCUT2D eigenvalue weighted by atomic mass is 35.5. The van der Waals surface area contributed by atoms with Gasteiger partial charge < -0.3 is 10.1 Å². The first-order valence-electron chi connectivity index (χ1n) is 5.26. The third-order valence-corrected chi connectivity index (χ3v) is 3.33. The molecule has 1 heterocycles. The lowest BCUT2D eigenvalue weighted by Crippen LogP contribution is -2.26. The number of hydrogen-bond acceptors (Lipinski definition) is 3. The first-order chi connectivity index (χ1) is 8.91. The van der Waals surface area contributed by atoms with E-state index in [1.165, 1.54) is 0 Å². The summed E-state index contributed by atoms with van der Waals surface area (Å²) in [5.74, 6) is -1.32. The Morgan fingerprint density at radius 1 is 1.47 bits per heavy atom. The van der Waals surface area contributed by atoms with Crippen LogP contribution in [0, 0.1) is 11.7 Å². The van der Waals surface area contributed by atoms with E-state index in [-0.39, 0.29) is 10.3 Å². The van der Waals surface area contributed by atoms with Gasteiger partial charge in [-0.05, 0) is 36.8 Å². The Morgan fingerprint density at radius 3 is 2.74 bits per heavy atom. The number of rotatable bonds is 2. The maximum atomic E-state index is 12.1. The third kappa shape index (κ3) is 2.45. The zero-order valence-electron chi connectivity index (χ0n) is 9.81. The molecular weight excluding hydrogens is 288 g/mol. The van der Waals surface area contributed by atoms with Crippen molar-refractivity contribution in [2.24, 2.45) is 0 Å². The molecule has 1 aromatic heterocycles. The Kier molecular flexibility index (Phi) is 3.55. The van der Waals surface area contributed by atoms with Gasteiger partial charge in [0.25, 0.3) is 5.56 Å². The number of nitrogens with zero attached hydrogens (tertiary/aromatic N) is 1. The fourth-order valence-corrected chi connectivity index (χ4v) is 2.00. The van der Waals surface area contributed by atoms with Gasteiger partial charge in [0.1, 0.15) is 5.56 Å². The highest BCUT2D eigenvalue weighted by molar-refractivity contribution is 7.71. The van der Waals surface area contributed by atoms with Gasteiger partial charge in [0.15, 0.2) is 4.77 Å². The van der Waals surface area contributed by atoms with Gasteiger partial charge in [-0.2, -0.15) is 0 Å². The molecule has 2 N–H and O–H groups in total. The monoisotopic (exact) mass is 296 g/mol. The summed E-state index contributed by atoms with van der Waals surface area (Å²) in [5.41, 5.74) is 0.189. The summed E-state index contributed by atoms with van der Waals surface area (Å²) in [6.07, 6.45) is 1.08. The van der Waals surface area contributed by atoms with Gasteiger partial charge >= 0.3 is 5.97 Å². The zero-order valence-corrected chi connectivity index (χ0v) is 11.4. The number of aryl methyl sites for hydroxylation is 1. The first kappa shape index (κ1) is 13.5. The number of carboxylic acids is 1. The molecule has 2 aromatic rings. The summed E-state index contributed by atoms with van der Waals surface area (Å²) in [7, 11) is 0. The van der Waals surface area contributed by atoms with E-state index in [2.05, 4.69) is 4.98 Å². The smallest absolute Gasteiger partial charge is 0.342 e. The van der Waals surface area contributed by atoms with Gasteiger partial charge in [0.05, 0.1) is 5.69 Å². The van der Waals surface area contributed by atoms with E-state index in [1.54, 1.807) is 18.2 Å². The second-order valence-corrected chi connectivity index (χ2v) is 4.68. The molecule has 19 heavy (non-hydrogen) atoms. The van der Waals surface area contributed by atoms with E-state index in [0.29, 0.717) is 10.7 Å². The van der Waals surface area contributed by atoms with Crippen LogP contribution in [0.5, 0.6) is 0 Å². The minimum Gasteiger partial charge on any atom is -0.477 e. The molecule has 1 aromatic carbocycles. The predicted molar refractivity (Wildman–Crippen MR) is 73.9 cm³/mol. The number of aromatic carboxylic acids is 1. The van der Waals surface area contributed by atoms with Crippen LogP contribution in [0.2, 0.25) is 5.02 Å². The maximum absolute atomic E-state index is 12.1. The number of nitrogens with one attached hydrogen (secondary N) is 1. The molecule has 0 fully saturated rings. The number of carbonyl (C=O) groups is 1. The molecule has 0 spiro atoms. The van der Waals surface area contributed by atoms with Crippen LogP contribution >= 0.6 is 23.8 Å². The van der Waals surface area contributed by atoms with Crippen molar-refractivity contribution in [1.82, 2.24) is 9.55 Å². The molecule has 2 rings (SSSR count). The van der Waals surface area contributed by atoms with Crippen molar-refractivity contribution in [3.63, 3.8) is 0 Å². The number of aromatic amines is 1. The van der Waals surface area contributed by atoms with Crippen LogP contribution in [0.1, 0.15) is 15.9 Å². The van der Waals surface area contributed by atoms with E-state index >= 15 is 0 Å². The van der Waals surface area contributed by atoms with Crippen LogP contribution < -0.4 is 5.56 Å². The first-order valence-corrected chi connectivity index (χ1v) is 6.05. The van der Waals surface area contributed by atoms with Crippen LogP contribution in [-0.4, -0.2) is 20.6 Å². The van der Waals surface area contributed by atoms with E-state index in [4.69, 9.17) is 28.9 Å². The summed E-state index contributed by atoms with van der Waals surface area (Å²) >= 11 is 11.0. The van der Waals surface area contributed by atoms with Crippen LogP contribution in [-0.2, 0) is 0 Å². The standard InChI is InChI=1S/C12H9ClN2O3S/c1-6-2-3-7(4-9(6)13)15-10(16)8(11(17)18)5-14-12(15)19/h2-5H,1H3,(H,14,19)(H,17,18). The second kappa shape index (κ2) is 4.99. The summed E-state index contributed by atoms with van der Waals surface area (Å²) < 4.78 is 1.21. The number of hydrogen-bond donors (Lipinski definition) is 2. The van der Waals surface area contributed by atoms with Gasteiger partial charge in [-0.15, -0.1) is 0 Å². The Bertz CT molecular complexity index is 779. The maximum Gasteiger partial charge on any atom is 0.342 e. The molecule has 0 radical (unpaired) electrons. The average Bonchev–Trinajstić information content (AvgIpc) is 2.33. The minimum atomic E-state index is -1.32. The SMILES string of the molecule is Cc1ccc(-n2c(=S)[nH]cc(C(=O)O)c2=O)cc1Cl. The lowest BCUT2D eigenvalue weighted by Gasteiger charge is -2.08. The Hall–Kier alpha value is -1.92. The zero-order chi connectivity index (χ0) is 14.2.